The molecule has 1 saturated carbocycles. The van der Waals surface area contributed by atoms with Crippen molar-refractivity contribution in [2.45, 2.75) is 38.6 Å². The van der Waals surface area contributed by atoms with Crippen LogP contribution >= 0.6 is 11.6 Å². The number of nitrogens with one attached hydrogen (secondary N) is 1. The molecule has 0 radical (unpaired) electrons. The number of benzene rings is 1. The summed E-state index contributed by atoms with van der Waals surface area (Å²) in [5.74, 6) is 2.82. The molecular formula is C24H30ClFN4O. The van der Waals surface area contributed by atoms with Crippen molar-refractivity contribution in [1.29, 1.82) is 0 Å². The van der Waals surface area contributed by atoms with E-state index >= 15 is 0 Å². The first kappa shape index (κ1) is 21.1. The Morgan fingerprint density at radius 2 is 1.87 bits per heavy atom. The number of anilines is 1. The molecule has 5 rings (SSSR count). The Hall–Kier alpha value is -1.76. The van der Waals surface area contributed by atoms with E-state index in [2.05, 4.69) is 20.4 Å². The molecule has 166 valence electrons. The summed E-state index contributed by atoms with van der Waals surface area (Å²) in [5.41, 5.74) is 2.14. The number of nitrogens with zero attached hydrogens (tertiary/aromatic N) is 3. The van der Waals surface area contributed by atoms with Crippen LogP contribution in [0.4, 0.5) is 10.2 Å². The summed E-state index contributed by atoms with van der Waals surface area (Å²) in [4.78, 5) is 2.68. The molecule has 0 unspecified atom stereocenters. The topological polar surface area (TPSA) is 50.3 Å². The number of halogens is 2. The van der Waals surface area contributed by atoms with E-state index in [9.17, 15) is 4.39 Å². The number of aromatic nitrogens is 2. The molecule has 2 aromatic rings. The van der Waals surface area contributed by atoms with E-state index in [4.69, 9.17) is 16.3 Å². The van der Waals surface area contributed by atoms with Crippen LogP contribution in [0.1, 0.15) is 31.2 Å². The molecule has 0 bridgehead atoms. The van der Waals surface area contributed by atoms with E-state index in [1.165, 1.54) is 57.5 Å². The Kier molecular flexibility index (Phi) is 6.13. The Morgan fingerprint density at radius 3 is 2.58 bits per heavy atom. The lowest BCUT2D eigenvalue weighted by Crippen LogP contribution is -2.32. The third-order valence-corrected chi connectivity index (χ3v) is 7.53. The standard InChI is InChI=1S/C24H30ClFN4O/c1-15-8-23(28-29-24(15)21-11-19(26)2-3-22(21)25)27-20-9-17-13-30(14-18(17)10-20)12-16-4-6-31-7-5-16/h2-3,8,11,16-18,20H,4-7,9-10,12-14H2,1H3,(H,27,28)/t17-,18-/m1/s1. The third kappa shape index (κ3) is 4.71. The van der Waals surface area contributed by atoms with E-state index in [-0.39, 0.29) is 5.82 Å². The van der Waals surface area contributed by atoms with Gasteiger partial charge in [-0.3, -0.25) is 0 Å². The van der Waals surface area contributed by atoms with Crippen LogP contribution in [0.5, 0.6) is 0 Å². The molecule has 0 spiro atoms. The number of hydrogen-bond acceptors (Lipinski definition) is 5. The molecule has 2 atom stereocenters. The number of aryl methyl sites for hydroxylation is 1. The van der Waals surface area contributed by atoms with Gasteiger partial charge < -0.3 is 15.0 Å². The average molecular weight is 445 g/mol. The quantitative estimate of drug-likeness (QED) is 0.718. The lowest BCUT2D eigenvalue weighted by molar-refractivity contribution is 0.0545. The van der Waals surface area contributed by atoms with Crippen LogP contribution in [-0.4, -0.2) is 54.0 Å². The maximum absolute atomic E-state index is 13.7. The van der Waals surface area contributed by atoms with Gasteiger partial charge in [-0.1, -0.05) is 11.6 Å². The Morgan fingerprint density at radius 1 is 1.13 bits per heavy atom. The third-order valence-electron chi connectivity index (χ3n) is 7.20. The predicted molar refractivity (Wildman–Crippen MR) is 121 cm³/mol. The van der Waals surface area contributed by atoms with E-state index in [0.29, 0.717) is 22.3 Å². The summed E-state index contributed by atoms with van der Waals surface area (Å²) >= 11 is 6.25. The molecule has 3 heterocycles. The van der Waals surface area contributed by atoms with Crippen molar-refractivity contribution in [3.63, 3.8) is 0 Å². The number of hydrogen-bond donors (Lipinski definition) is 1. The van der Waals surface area contributed by atoms with Crippen molar-refractivity contribution in [1.82, 2.24) is 15.1 Å². The predicted octanol–water partition coefficient (Wildman–Crippen LogP) is 4.79. The maximum Gasteiger partial charge on any atom is 0.149 e. The minimum absolute atomic E-state index is 0.328. The van der Waals surface area contributed by atoms with Crippen molar-refractivity contribution >= 4 is 17.4 Å². The van der Waals surface area contributed by atoms with Gasteiger partial charge in [-0.25, -0.2) is 4.39 Å². The number of rotatable bonds is 5. The highest BCUT2D eigenvalue weighted by atomic mass is 35.5. The molecule has 7 heteroatoms. The Bertz CT molecular complexity index is 922. The zero-order valence-electron chi connectivity index (χ0n) is 18.0. The SMILES string of the molecule is Cc1cc(NC2C[C@@H]3CN(CC4CCOCC4)C[C@H]3C2)nnc1-c1cc(F)ccc1Cl. The first-order valence-corrected chi connectivity index (χ1v) is 11.8. The van der Waals surface area contributed by atoms with Gasteiger partial charge in [-0.15, -0.1) is 10.2 Å². The second-order valence-corrected chi connectivity index (χ2v) is 9.90. The monoisotopic (exact) mass is 444 g/mol. The molecule has 2 aliphatic heterocycles. The zero-order valence-corrected chi connectivity index (χ0v) is 18.7. The van der Waals surface area contributed by atoms with Gasteiger partial charge in [0.1, 0.15) is 11.6 Å². The van der Waals surface area contributed by atoms with Gasteiger partial charge in [-0.05, 0) is 80.2 Å². The van der Waals surface area contributed by atoms with Crippen LogP contribution in [0.3, 0.4) is 0 Å². The molecule has 3 fully saturated rings. The fraction of sp³-hybridized carbons (Fsp3) is 0.583. The fourth-order valence-corrected chi connectivity index (χ4v) is 5.88. The molecule has 3 aliphatic rings. The van der Waals surface area contributed by atoms with Gasteiger partial charge >= 0.3 is 0 Å². The van der Waals surface area contributed by atoms with Crippen molar-refractivity contribution in [3.8, 4) is 11.3 Å². The number of likely N-dealkylation sites (tertiary alicyclic amines) is 1. The number of fused-ring (bicyclic) bond motifs is 1. The van der Waals surface area contributed by atoms with Crippen LogP contribution < -0.4 is 5.32 Å². The summed E-state index contributed by atoms with van der Waals surface area (Å²) in [6, 6.07) is 6.76. The molecule has 1 aliphatic carbocycles. The lowest BCUT2D eigenvalue weighted by Gasteiger charge is -2.27. The maximum atomic E-state index is 13.7. The minimum atomic E-state index is -0.328. The van der Waals surface area contributed by atoms with Crippen LogP contribution in [-0.2, 0) is 4.74 Å². The summed E-state index contributed by atoms with van der Waals surface area (Å²) in [5, 5.41) is 12.8. The molecule has 31 heavy (non-hydrogen) atoms. The summed E-state index contributed by atoms with van der Waals surface area (Å²) in [7, 11) is 0. The van der Waals surface area contributed by atoms with Crippen molar-refractivity contribution in [3.05, 3.63) is 40.7 Å². The van der Waals surface area contributed by atoms with Gasteiger partial charge in [0.25, 0.3) is 0 Å². The highest BCUT2D eigenvalue weighted by Gasteiger charge is 2.41. The van der Waals surface area contributed by atoms with E-state index in [0.717, 1.165) is 42.3 Å². The summed E-state index contributed by atoms with van der Waals surface area (Å²) < 4.78 is 19.2. The lowest BCUT2D eigenvalue weighted by atomic mass is 10.00. The molecule has 0 amide bonds. The zero-order chi connectivity index (χ0) is 21.4. The largest absolute Gasteiger partial charge is 0.381 e. The Balaban J connectivity index is 1.18. The van der Waals surface area contributed by atoms with Crippen LogP contribution in [0, 0.1) is 30.5 Å². The fourth-order valence-electron chi connectivity index (χ4n) is 5.67. The Labute approximate surface area is 188 Å². The summed E-state index contributed by atoms with van der Waals surface area (Å²) in [6.07, 6.45) is 4.80. The van der Waals surface area contributed by atoms with Crippen molar-refractivity contribution < 1.29 is 9.13 Å². The molecule has 1 N–H and O–H groups in total. The first-order chi connectivity index (χ1) is 15.0. The van der Waals surface area contributed by atoms with Crippen molar-refractivity contribution in [2.75, 3.05) is 38.2 Å². The highest BCUT2D eigenvalue weighted by Crippen LogP contribution is 2.40. The average Bonchev–Trinajstić information content (AvgIpc) is 3.29. The van der Waals surface area contributed by atoms with Gasteiger partial charge in [0, 0.05) is 44.5 Å². The van der Waals surface area contributed by atoms with E-state index in [1.54, 1.807) is 6.07 Å². The second-order valence-electron chi connectivity index (χ2n) is 9.49. The molecule has 1 aromatic heterocycles. The van der Waals surface area contributed by atoms with Gasteiger partial charge in [-0.2, -0.15) is 0 Å². The molecule has 5 nitrogen and oxygen atoms in total. The second kappa shape index (κ2) is 9.00. The van der Waals surface area contributed by atoms with Crippen molar-refractivity contribution in [2.24, 2.45) is 17.8 Å². The smallest absolute Gasteiger partial charge is 0.149 e. The van der Waals surface area contributed by atoms with E-state index < -0.39 is 0 Å². The minimum Gasteiger partial charge on any atom is -0.381 e. The van der Waals surface area contributed by atoms with Gasteiger partial charge in [0.2, 0.25) is 0 Å². The number of ether oxygens (including phenoxy) is 1. The van der Waals surface area contributed by atoms with Crippen LogP contribution in [0.15, 0.2) is 24.3 Å². The highest BCUT2D eigenvalue weighted by molar-refractivity contribution is 6.33. The van der Waals surface area contributed by atoms with Gasteiger partial charge in [0.05, 0.1) is 10.7 Å². The molecule has 2 saturated heterocycles. The first-order valence-electron chi connectivity index (χ1n) is 11.4. The summed E-state index contributed by atoms with van der Waals surface area (Å²) in [6.45, 7) is 7.52. The normalized spacial score (nSPS) is 25.1. The van der Waals surface area contributed by atoms with Gasteiger partial charge in [0.15, 0.2) is 0 Å². The van der Waals surface area contributed by atoms with E-state index in [1.807, 2.05) is 13.0 Å². The van der Waals surface area contributed by atoms with Crippen LogP contribution in [0.2, 0.25) is 5.02 Å². The molecular weight excluding hydrogens is 415 g/mol. The molecule has 1 aromatic carbocycles. The van der Waals surface area contributed by atoms with Crippen LogP contribution in [0.25, 0.3) is 11.3 Å².